The van der Waals surface area contributed by atoms with Gasteiger partial charge in [0.1, 0.15) is 0 Å². The molecule has 2 N–H and O–H groups in total. The van der Waals surface area contributed by atoms with Crippen molar-refractivity contribution in [2.45, 2.75) is 24.9 Å². The first-order valence-electron chi connectivity index (χ1n) is 8.62. The zero-order chi connectivity index (χ0) is 16.2. The van der Waals surface area contributed by atoms with Crippen molar-refractivity contribution in [2.75, 3.05) is 19.7 Å². The van der Waals surface area contributed by atoms with E-state index in [-0.39, 0.29) is 5.41 Å². The quantitative estimate of drug-likeness (QED) is 0.757. The van der Waals surface area contributed by atoms with Crippen LogP contribution in [0.4, 0.5) is 0 Å². The molecule has 2 heterocycles. The van der Waals surface area contributed by atoms with Crippen LogP contribution in [0.25, 0.3) is 10.9 Å². The molecule has 24 heavy (non-hydrogen) atoms. The monoisotopic (exact) mass is 321 g/mol. The molecule has 1 fully saturated rings. The molecule has 1 aliphatic rings. The van der Waals surface area contributed by atoms with Gasteiger partial charge < -0.3 is 10.1 Å². The molecule has 3 aromatic rings. The standard InChI is InChI=1S/C20H23N3O/c1-2-7-18(8-3-1)20(9-11-21-12-10-20)15-24-14-17-6-4-5-16-13-22-23-19(16)17/h1-8,13,21H,9-12,14-15H2,(H,22,23). The van der Waals surface area contributed by atoms with Crippen molar-refractivity contribution < 1.29 is 4.74 Å². The molecule has 0 spiro atoms. The lowest BCUT2D eigenvalue weighted by Crippen LogP contribution is -2.43. The molecule has 0 bridgehead atoms. The molecule has 0 aliphatic carbocycles. The highest BCUT2D eigenvalue weighted by Gasteiger charge is 2.34. The van der Waals surface area contributed by atoms with Crippen molar-refractivity contribution in [1.82, 2.24) is 15.5 Å². The van der Waals surface area contributed by atoms with Crippen molar-refractivity contribution in [3.8, 4) is 0 Å². The maximum Gasteiger partial charge on any atom is 0.0738 e. The third kappa shape index (κ3) is 2.95. The van der Waals surface area contributed by atoms with E-state index in [2.05, 4.69) is 64.0 Å². The Balaban J connectivity index is 1.51. The molecule has 4 nitrogen and oxygen atoms in total. The van der Waals surface area contributed by atoms with Crippen molar-refractivity contribution in [2.24, 2.45) is 0 Å². The molecule has 2 aromatic carbocycles. The summed E-state index contributed by atoms with van der Waals surface area (Å²) in [6.07, 6.45) is 4.09. The summed E-state index contributed by atoms with van der Waals surface area (Å²) in [6, 6.07) is 17.1. The van der Waals surface area contributed by atoms with E-state index in [1.165, 1.54) is 11.1 Å². The molecule has 1 aromatic heterocycles. The Kier molecular flexibility index (Phi) is 4.32. The third-order valence-electron chi connectivity index (χ3n) is 5.15. The molecule has 0 amide bonds. The summed E-state index contributed by atoms with van der Waals surface area (Å²) in [7, 11) is 0. The van der Waals surface area contributed by atoms with Gasteiger partial charge >= 0.3 is 0 Å². The van der Waals surface area contributed by atoms with Crippen LogP contribution in [0.1, 0.15) is 24.0 Å². The Labute approximate surface area is 142 Å². The number of nitrogens with zero attached hydrogens (tertiary/aromatic N) is 1. The fourth-order valence-electron chi connectivity index (χ4n) is 3.72. The van der Waals surface area contributed by atoms with Crippen molar-refractivity contribution in [3.63, 3.8) is 0 Å². The van der Waals surface area contributed by atoms with Crippen molar-refractivity contribution in [3.05, 3.63) is 65.9 Å². The van der Waals surface area contributed by atoms with E-state index in [1.54, 1.807) is 0 Å². The number of aromatic amines is 1. The minimum atomic E-state index is 0.119. The Hall–Kier alpha value is -2.17. The van der Waals surface area contributed by atoms with Crippen LogP contribution in [0, 0.1) is 0 Å². The van der Waals surface area contributed by atoms with Gasteiger partial charge in [-0.05, 0) is 31.5 Å². The molecule has 4 rings (SSSR count). The molecule has 0 unspecified atom stereocenters. The van der Waals surface area contributed by atoms with Crippen LogP contribution in [0.15, 0.2) is 54.7 Å². The average molecular weight is 321 g/mol. The largest absolute Gasteiger partial charge is 0.376 e. The van der Waals surface area contributed by atoms with Gasteiger partial charge in [-0.25, -0.2) is 0 Å². The van der Waals surface area contributed by atoms with E-state index < -0.39 is 0 Å². The van der Waals surface area contributed by atoms with Crippen LogP contribution in [0.2, 0.25) is 0 Å². The second-order valence-corrected chi connectivity index (χ2v) is 6.64. The van der Waals surface area contributed by atoms with Crippen molar-refractivity contribution in [1.29, 1.82) is 0 Å². The number of para-hydroxylation sites is 1. The van der Waals surface area contributed by atoms with Gasteiger partial charge in [-0.3, -0.25) is 5.10 Å². The second-order valence-electron chi connectivity index (χ2n) is 6.64. The molecule has 124 valence electrons. The predicted octanol–water partition coefficient (Wildman–Crippen LogP) is 3.40. The van der Waals surface area contributed by atoms with Gasteiger partial charge in [0.15, 0.2) is 0 Å². The number of fused-ring (bicyclic) bond motifs is 1. The van der Waals surface area contributed by atoms with Crippen molar-refractivity contribution >= 4 is 10.9 Å². The molecule has 0 atom stereocenters. The smallest absolute Gasteiger partial charge is 0.0738 e. The van der Waals surface area contributed by atoms with E-state index in [1.807, 2.05) is 6.20 Å². The number of nitrogens with one attached hydrogen (secondary N) is 2. The number of hydrogen-bond acceptors (Lipinski definition) is 3. The zero-order valence-electron chi connectivity index (χ0n) is 13.8. The van der Waals surface area contributed by atoms with Gasteiger partial charge in [0, 0.05) is 16.4 Å². The molecule has 0 saturated carbocycles. The van der Waals surface area contributed by atoms with Gasteiger partial charge in [0.2, 0.25) is 0 Å². The summed E-state index contributed by atoms with van der Waals surface area (Å²) in [4.78, 5) is 0. The van der Waals surface area contributed by atoms with E-state index in [9.17, 15) is 0 Å². The first-order valence-corrected chi connectivity index (χ1v) is 8.62. The number of piperidine rings is 1. The molecule has 4 heteroatoms. The number of benzene rings is 2. The van der Waals surface area contributed by atoms with Gasteiger partial charge in [-0.15, -0.1) is 0 Å². The van der Waals surface area contributed by atoms with E-state index >= 15 is 0 Å². The topological polar surface area (TPSA) is 49.9 Å². The predicted molar refractivity (Wildman–Crippen MR) is 96.0 cm³/mol. The first-order chi connectivity index (χ1) is 11.9. The molecular formula is C20H23N3O. The van der Waals surface area contributed by atoms with Crippen LogP contribution < -0.4 is 5.32 Å². The van der Waals surface area contributed by atoms with Crippen LogP contribution in [-0.2, 0) is 16.8 Å². The van der Waals surface area contributed by atoms with E-state index in [4.69, 9.17) is 4.74 Å². The highest BCUT2D eigenvalue weighted by atomic mass is 16.5. The second kappa shape index (κ2) is 6.75. The fourth-order valence-corrected chi connectivity index (χ4v) is 3.72. The lowest BCUT2D eigenvalue weighted by atomic mass is 9.74. The maximum atomic E-state index is 6.22. The number of ether oxygens (including phenoxy) is 1. The SMILES string of the molecule is c1ccc(C2(COCc3cccc4cn[nH]c34)CCNCC2)cc1. The summed E-state index contributed by atoms with van der Waals surface area (Å²) in [6.45, 7) is 3.47. The highest BCUT2D eigenvalue weighted by molar-refractivity contribution is 5.80. The van der Waals surface area contributed by atoms with E-state index in [0.717, 1.165) is 43.4 Å². The first kappa shape index (κ1) is 15.4. The normalized spacial score (nSPS) is 17.2. The van der Waals surface area contributed by atoms with E-state index in [0.29, 0.717) is 6.61 Å². The minimum Gasteiger partial charge on any atom is -0.376 e. The van der Waals surface area contributed by atoms with Crippen LogP contribution >= 0.6 is 0 Å². The summed E-state index contributed by atoms with van der Waals surface area (Å²) in [5.41, 5.74) is 3.76. The lowest BCUT2D eigenvalue weighted by Gasteiger charge is -2.38. The lowest BCUT2D eigenvalue weighted by molar-refractivity contribution is 0.0570. The molecule has 1 saturated heterocycles. The molecule has 0 radical (unpaired) electrons. The summed E-state index contributed by atoms with van der Waals surface area (Å²) in [5, 5.41) is 11.8. The summed E-state index contributed by atoms with van der Waals surface area (Å²) < 4.78 is 6.22. The van der Waals surface area contributed by atoms with Gasteiger partial charge in [0.05, 0.1) is 24.9 Å². The Bertz CT molecular complexity index is 791. The summed E-state index contributed by atoms with van der Waals surface area (Å²) >= 11 is 0. The summed E-state index contributed by atoms with van der Waals surface area (Å²) in [5.74, 6) is 0. The highest BCUT2D eigenvalue weighted by Crippen LogP contribution is 2.34. The number of rotatable bonds is 5. The van der Waals surface area contributed by atoms with Crippen LogP contribution in [0.3, 0.4) is 0 Å². The maximum absolute atomic E-state index is 6.22. The number of hydrogen-bond donors (Lipinski definition) is 2. The number of aromatic nitrogens is 2. The van der Waals surface area contributed by atoms with Crippen LogP contribution in [0.5, 0.6) is 0 Å². The van der Waals surface area contributed by atoms with Gasteiger partial charge in [-0.2, -0.15) is 5.10 Å². The van der Waals surface area contributed by atoms with Crippen LogP contribution in [-0.4, -0.2) is 29.9 Å². The molecule has 1 aliphatic heterocycles. The van der Waals surface area contributed by atoms with Gasteiger partial charge in [-0.1, -0.05) is 48.5 Å². The molecular weight excluding hydrogens is 298 g/mol. The Morgan fingerprint density at radius 3 is 2.67 bits per heavy atom. The Morgan fingerprint density at radius 1 is 1.00 bits per heavy atom. The Morgan fingerprint density at radius 2 is 1.83 bits per heavy atom. The fraction of sp³-hybridized carbons (Fsp3) is 0.350. The number of H-pyrrole nitrogens is 1. The average Bonchev–Trinajstić information content (AvgIpc) is 3.13. The minimum absolute atomic E-state index is 0.119. The third-order valence-corrected chi connectivity index (χ3v) is 5.15. The zero-order valence-corrected chi connectivity index (χ0v) is 13.8. The van der Waals surface area contributed by atoms with Gasteiger partial charge in [0.25, 0.3) is 0 Å².